The van der Waals surface area contributed by atoms with Crippen LogP contribution in [0.15, 0.2) is 72.8 Å². The fourth-order valence-electron chi connectivity index (χ4n) is 2.86. The molecule has 0 spiro atoms. The standard InChI is InChI=1S/C23H20ClFN4O5/c24-16-1-11-21(12-2-16)34-15-22(30)26-13-14-28(19-7-3-17(25)4-8-19)23(31)27-18-5-9-20(10-6-18)29(32)33/h1-12H,13-15H2,(H,26,30)(H,27,31). The second-order valence-corrected chi connectivity index (χ2v) is 7.39. The molecule has 9 nitrogen and oxygen atoms in total. The number of amides is 3. The highest BCUT2D eigenvalue weighted by Crippen LogP contribution is 2.19. The summed E-state index contributed by atoms with van der Waals surface area (Å²) in [4.78, 5) is 36.5. The Kier molecular flexibility index (Phi) is 8.36. The smallest absolute Gasteiger partial charge is 0.326 e. The van der Waals surface area contributed by atoms with Crippen molar-refractivity contribution in [2.24, 2.45) is 0 Å². The molecule has 0 bridgehead atoms. The number of nitro benzene ring substituents is 1. The van der Waals surface area contributed by atoms with Crippen molar-refractivity contribution < 1.29 is 23.6 Å². The van der Waals surface area contributed by atoms with E-state index >= 15 is 0 Å². The molecule has 0 unspecified atom stereocenters. The number of hydrogen-bond donors (Lipinski definition) is 2. The highest BCUT2D eigenvalue weighted by molar-refractivity contribution is 6.30. The number of nitrogens with zero attached hydrogens (tertiary/aromatic N) is 2. The molecule has 0 saturated carbocycles. The van der Waals surface area contributed by atoms with Gasteiger partial charge in [0.1, 0.15) is 11.6 Å². The lowest BCUT2D eigenvalue weighted by molar-refractivity contribution is -0.384. The minimum atomic E-state index is -0.563. The van der Waals surface area contributed by atoms with Gasteiger partial charge in [0.25, 0.3) is 11.6 Å². The van der Waals surface area contributed by atoms with E-state index in [1.54, 1.807) is 24.3 Å². The molecule has 0 saturated heterocycles. The minimum Gasteiger partial charge on any atom is -0.484 e. The fourth-order valence-corrected chi connectivity index (χ4v) is 2.99. The molecular formula is C23H20ClFN4O5. The third-order valence-electron chi connectivity index (χ3n) is 4.55. The molecule has 0 radical (unpaired) electrons. The topological polar surface area (TPSA) is 114 Å². The number of carbonyl (C=O) groups is 2. The van der Waals surface area contributed by atoms with Gasteiger partial charge in [-0.3, -0.25) is 19.8 Å². The summed E-state index contributed by atoms with van der Waals surface area (Å²) in [6, 6.07) is 16.6. The van der Waals surface area contributed by atoms with Crippen LogP contribution in [-0.4, -0.2) is 36.6 Å². The van der Waals surface area contributed by atoms with Gasteiger partial charge in [-0.25, -0.2) is 9.18 Å². The molecule has 34 heavy (non-hydrogen) atoms. The van der Waals surface area contributed by atoms with Gasteiger partial charge in [0, 0.05) is 41.6 Å². The quantitative estimate of drug-likeness (QED) is 0.338. The number of hydrogen-bond acceptors (Lipinski definition) is 5. The summed E-state index contributed by atoms with van der Waals surface area (Å²) in [6.07, 6.45) is 0. The second kappa shape index (κ2) is 11.6. The van der Waals surface area contributed by atoms with Crippen LogP contribution >= 0.6 is 11.6 Å². The Labute approximate surface area is 199 Å². The van der Waals surface area contributed by atoms with Crippen molar-refractivity contribution in [2.75, 3.05) is 29.9 Å². The first kappa shape index (κ1) is 24.5. The summed E-state index contributed by atoms with van der Waals surface area (Å²) in [5.41, 5.74) is 0.618. The van der Waals surface area contributed by atoms with Crippen LogP contribution in [0.2, 0.25) is 5.02 Å². The maximum Gasteiger partial charge on any atom is 0.326 e. The number of ether oxygens (including phenoxy) is 1. The van der Waals surface area contributed by atoms with Crippen LogP contribution in [0.4, 0.5) is 26.2 Å². The van der Waals surface area contributed by atoms with E-state index in [0.29, 0.717) is 22.1 Å². The summed E-state index contributed by atoms with van der Waals surface area (Å²) >= 11 is 5.81. The Morgan fingerprint density at radius 2 is 1.65 bits per heavy atom. The highest BCUT2D eigenvalue weighted by Gasteiger charge is 2.17. The number of nitrogens with one attached hydrogen (secondary N) is 2. The molecule has 0 aliphatic rings. The number of halogens is 2. The molecule has 3 aromatic rings. The van der Waals surface area contributed by atoms with Crippen molar-refractivity contribution >= 4 is 40.6 Å². The molecule has 2 N–H and O–H groups in total. The molecule has 3 rings (SSSR count). The van der Waals surface area contributed by atoms with E-state index in [4.69, 9.17) is 16.3 Å². The zero-order valence-corrected chi connectivity index (χ0v) is 18.5. The van der Waals surface area contributed by atoms with E-state index in [1.165, 1.54) is 53.4 Å². The summed E-state index contributed by atoms with van der Waals surface area (Å²) in [5.74, 6) is -0.383. The van der Waals surface area contributed by atoms with Crippen LogP contribution < -0.4 is 20.3 Å². The predicted octanol–water partition coefficient (Wildman–Crippen LogP) is 4.62. The summed E-state index contributed by atoms with van der Waals surface area (Å²) in [6.45, 7) is -0.0713. The number of carbonyl (C=O) groups excluding carboxylic acids is 2. The van der Waals surface area contributed by atoms with Crippen LogP contribution in [0.25, 0.3) is 0 Å². The zero-order valence-electron chi connectivity index (χ0n) is 17.7. The average Bonchev–Trinajstić information content (AvgIpc) is 2.82. The number of urea groups is 1. The lowest BCUT2D eigenvalue weighted by Crippen LogP contribution is -2.42. The first-order valence-electron chi connectivity index (χ1n) is 10.1. The van der Waals surface area contributed by atoms with E-state index in [1.807, 2.05) is 0 Å². The summed E-state index contributed by atoms with van der Waals surface area (Å²) in [5, 5.41) is 16.6. The maximum atomic E-state index is 13.4. The molecule has 0 fully saturated rings. The molecule has 0 aromatic heterocycles. The Morgan fingerprint density at radius 1 is 1.00 bits per heavy atom. The van der Waals surface area contributed by atoms with Gasteiger partial charge in [-0.05, 0) is 60.7 Å². The summed E-state index contributed by atoms with van der Waals surface area (Å²) in [7, 11) is 0. The Hall–Kier alpha value is -4.18. The predicted molar refractivity (Wildman–Crippen MR) is 126 cm³/mol. The Balaban J connectivity index is 1.59. The van der Waals surface area contributed by atoms with E-state index in [0.717, 1.165) is 0 Å². The number of anilines is 2. The van der Waals surface area contributed by atoms with E-state index in [-0.39, 0.29) is 25.4 Å². The molecule has 0 heterocycles. The number of nitro groups is 1. The van der Waals surface area contributed by atoms with Gasteiger partial charge in [0.15, 0.2) is 6.61 Å². The van der Waals surface area contributed by atoms with Crippen LogP contribution in [0, 0.1) is 15.9 Å². The Bertz CT molecular complexity index is 1140. The highest BCUT2D eigenvalue weighted by atomic mass is 35.5. The van der Waals surface area contributed by atoms with Crippen molar-refractivity contribution in [1.29, 1.82) is 0 Å². The van der Waals surface area contributed by atoms with Crippen molar-refractivity contribution in [2.45, 2.75) is 0 Å². The number of rotatable bonds is 9. The van der Waals surface area contributed by atoms with Gasteiger partial charge in [-0.2, -0.15) is 0 Å². The number of benzene rings is 3. The Morgan fingerprint density at radius 3 is 2.26 bits per heavy atom. The second-order valence-electron chi connectivity index (χ2n) is 6.95. The van der Waals surface area contributed by atoms with Crippen molar-refractivity contribution in [1.82, 2.24) is 5.32 Å². The van der Waals surface area contributed by atoms with Crippen LogP contribution in [-0.2, 0) is 4.79 Å². The minimum absolute atomic E-state index is 0.0666. The largest absolute Gasteiger partial charge is 0.484 e. The third kappa shape index (κ3) is 7.17. The van der Waals surface area contributed by atoms with Gasteiger partial charge >= 0.3 is 6.03 Å². The van der Waals surface area contributed by atoms with Gasteiger partial charge < -0.3 is 15.4 Å². The molecular weight excluding hydrogens is 467 g/mol. The molecule has 11 heteroatoms. The van der Waals surface area contributed by atoms with Gasteiger partial charge in [0.2, 0.25) is 0 Å². The van der Waals surface area contributed by atoms with Gasteiger partial charge in [-0.1, -0.05) is 11.6 Å². The van der Waals surface area contributed by atoms with E-state index in [2.05, 4.69) is 10.6 Å². The maximum absolute atomic E-state index is 13.4. The number of non-ortho nitro benzene ring substituents is 1. The first-order chi connectivity index (χ1) is 16.3. The zero-order chi connectivity index (χ0) is 24.5. The van der Waals surface area contributed by atoms with Crippen molar-refractivity contribution in [3.8, 4) is 5.75 Å². The van der Waals surface area contributed by atoms with Gasteiger partial charge in [-0.15, -0.1) is 0 Å². The SMILES string of the molecule is O=C(COc1ccc(Cl)cc1)NCCN(C(=O)Nc1ccc([N+](=O)[O-])cc1)c1ccc(F)cc1. The van der Waals surface area contributed by atoms with E-state index in [9.17, 15) is 24.1 Å². The van der Waals surface area contributed by atoms with Crippen molar-refractivity contribution in [3.63, 3.8) is 0 Å². The van der Waals surface area contributed by atoms with Crippen molar-refractivity contribution in [3.05, 3.63) is 93.8 Å². The fraction of sp³-hybridized carbons (Fsp3) is 0.130. The molecule has 3 aromatic carbocycles. The molecule has 176 valence electrons. The average molecular weight is 487 g/mol. The monoisotopic (exact) mass is 486 g/mol. The van der Waals surface area contributed by atoms with E-state index < -0.39 is 22.7 Å². The summed E-state index contributed by atoms with van der Waals surface area (Å²) < 4.78 is 18.7. The third-order valence-corrected chi connectivity index (χ3v) is 4.81. The molecule has 0 atom stereocenters. The van der Waals surface area contributed by atoms with Gasteiger partial charge in [0.05, 0.1) is 4.92 Å². The normalized spacial score (nSPS) is 10.3. The first-order valence-corrected chi connectivity index (χ1v) is 10.4. The molecule has 0 aliphatic heterocycles. The van der Waals surface area contributed by atoms with Crippen LogP contribution in [0.1, 0.15) is 0 Å². The van der Waals surface area contributed by atoms with Crippen LogP contribution in [0.3, 0.4) is 0 Å². The molecule has 0 aliphatic carbocycles. The molecule has 3 amide bonds. The van der Waals surface area contributed by atoms with Crippen LogP contribution in [0.5, 0.6) is 5.75 Å². The lowest BCUT2D eigenvalue weighted by Gasteiger charge is -2.23. The lowest BCUT2D eigenvalue weighted by atomic mass is 10.2.